The smallest absolute Gasteiger partial charge is 0.276 e. The fraction of sp³-hybridized carbons (Fsp3) is 0.333. The van der Waals surface area contributed by atoms with Crippen molar-refractivity contribution >= 4 is 11.8 Å². The molecule has 18 heavy (non-hydrogen) atoms. The Kier molecular flexibility index (Phi) is 5.66. The van der Waals surface area contributed by atoms with E-state index in [0.717, 1.165) is 5.56 Å². The van der Waals surface area contributed by atoms with Gasteiger partial charge >= 0.3 is 0 Å². The summed E-state index contributed by atoms with van der Waals surface area (Å²) in [7, 11) is 0. The summed E-state index contributed by atoms with van der Waals surface area (Å²) >= 11 is 0. The highest BCUT2D eigenvalue weighted by molar-refractivity contribution is 5.82. The first-order chi connectivity index (χ1) is 8.61. The zero-order valence-corrected chi connectivity index (χ0v) is 10.2. The minimum Gasteiger partial charge on any atom is -0.484 e. The highest BCUT2D eigenvalue weighted by atomic mass is 16.5. The molecule has 4 N–H and O–H groups in total. The Bertz CT molecular complexity index is 404. The molecule has 0 aromatic heterocycles. The third kappa shape index (κ3) is 5.31. The van der Waals surface area contributed by atoms with Gasteiger partial charge in [0.05, 0.1) is 0 Å². The van der Waals surface area contributed by atoms with Crippen molar-refractivity contribution in [2.75, 3.05) is 13.2 Å². The number of benzene rings is 1. The molecular formula is C12H17N3O3. The molecule has 1 aromatic carbocycles. The lowest BCUT2D eigenvalue weighted by Crippen LogP contribution is -2.44. The van der Waals surface area contributed by atoms with Crippen molar-refractivity contribution < 1.29 is 14.3 Å². The van der Waals surface area contributed by atoms with Crippen LogP contribution in [-0.2, 0) is 9.59 Å². The average molecular weight is 251 g/mol. The summed E-state index contributed by atoms with van der Waals surface area (Å²) in [5, 5.41) is 0. The van der Waals surface area contributed by atoms with E-state index in [2.05, 4.69) is 10.9 Å². The van der Waals surface area contributed by atoms with Gasteiger partial charge in [-0.15, -0.1) is 0 Å². The van der Waals surface area contributed by atoms with E-state index in [4.69, 9.17) is 10.5 Å². The summed E-state index contributed by atoms with van der Waals surface area (Å²) in [6.45, 7) is 2.04. The van der Waals surface area contributed by atoms with Crippen molar-refractivity contribution in [2.45, 2.75) is 13.3 Å². The standard InChI is InChI=1S/C12H17N3O3/c1-9-2-4-10(5-3-9)18-8-12(17)15-14-11(16)6-7-13/h2-5H,6-8,13H2,1H3,(H,14,16)(H,15,17). The van der Waals surface area contributed by atoms with Gasteiger partial charge in [0.25, 0.3) is 5.91 Å². The largest absolute Gasteiger partial charge is 0.484 e. The van der Waals surface area contributed by atoms with Gasteiger partial charge in [-0.05, 0) is 19.1 Å². The van der Waals surface area contributed by atoms with Gasteiger partial charge in [0.15, 0.2) is 6.61 Å². The number of carbonyl (C=O) groups is 2. The second-order valence-corrected chi connectivity index (χ2v) is 3.74. The van der Waals surface area contributed by atoms with Crippen molar-refractivity contribution in [1.29, 1.82) is 0 Å². The van der Waals surface area contributed by atoms with Crippen LogP contribution in [0.1, 0.15) is 12.0 Å². The van der Waals surface area contributed by atoms with Gasteiger partial charge in [0, 0.05) is 13.0 Å². The summed E-state index contributed by atoms with van der Waals surface area (Å²) in [6, 6.07) is 7.32. The molecule has 0 aliphatic rings. The molecule has 0 aliphatic carbocycles. The number of rotatable bonds is 5. The molecular weight excluding hydrogens is 234 g/mol. The van der Waals surface area contributed by atoms with Crippen molar-refractivity contribution in [3.8, 4) is 5.75 Å². The molecule has 0 unspecified atom stereocenters. The van der Waals surface area contributed by atoms with E-state index in [0.29, 0.717) is 5.75 Å². The number of ether oxygens (including phenoxy) is 1. The SMILES string of the molecule is Cc1ccc(OCC(=O)NNC(=O)CCN)cc1. The Morgan fingerprint density at radius 1 is 1.17 bits per heavy atom. The van der Waals surface area contributed by atoms with Crippen LogP contribution in [0.4, 0.5) is 0 Å². The lowest BCUT2D eigenvalue weighted by atomic mass is 10.2. The maximum atomic E-state index is 11.3. The normalized spacial score (nSPS) is 9.67. The summed E-state index contributed by atoms with van der Waals surface area (Å²) in [5.74, 6) is -0.161. The van der Waals surface area contributed by atoms with Crippen molar-refractivity contribution in [1.82, 2.24) is 10.9 Å². The highest BCUT2D eigenvalue weighted by Gasteiger charge is 2.04. The van der Waals surface area contributed by atoms with Crippen LogP contribution >= 0.6 is 0 Å². The number of aryl methyl sites for hydroxylation is 1. The van der Waals surface area contributed by atoms with E-state index in [1.54, 1.807) is 12.1 Å². The molecule has 0 atom stereocenters. The number of nitrogens with one attached hydrogen (secondary N) is 2. The molecule has 0 saturated heterocycles. The molecule has 0 spiro atoms. The van der Waals surface area contributed by atoms with Crippen molar-refractivity contribution in [3.05, 3.63) is 29.8 Å². The van der Waals surface area contributed by atoms with E-state index in [-0.39, 0.29) is 25.5 Å². The van der Waals surface area contributed by atoms with Crippen LogP contribution < -0.4 is 21.3 Å². The van der Waals surface area contributed by atoms with E-state index in [9.17, 15) is 9.59 Å². The molecule has 0 aliphatic heterocycles. The van der Waals surface area contributed by atoms with Gasteiger partial charge < -0.3 is 10.5 Å². The Labute approximate surface area is 105 Å². The zero-order chi connectivity index (χ0) is 13.4. The molecule has 98 valence electrons. The predicted octanol–water partition coefficient (Wildman–Crippen LogP) is -0.130. The second-order valence-electron chi connectivity index (χ2n) is 3.74. The van der Waals surface area contributed by atoms with Crippen LogP contribution in [0, 0.1) is 6.92 Å². The second kappa shape index (κ2) is 7.29. The molecule has 6 heteroatoms. The van der Waals surface area contributed by atoms with Crippen LogP contribution in [0.5, 0.6) is 5.75 Å². The molecule has 6 nitrogen and oxygen atoms in total. The first kappa shape index (κ1) is 14.0. The third-order valence-electron chi connectivity index (χ3n) is 2.10. The molecule has 0 heterocycles. The Morgan fingerprint density at radius 2 is 1.78 bits per heavy atom. The summed E-state index contributed by atoms with van der Waals surface area (Å²) in [4.78, 5) is 22.3. The lowest BCUT2D eigenvalue weighted by molar-refractivity contribution is -0.129. The van der Waals surface area contributed by atoms with E-state index in [1.165, 1.54) is 0 Å². The quantitative estimate of drug-likeness (QED) is 0.635. The average Bonchev–Trinajstić information content (AvgIpc) is 2.36. The topological polar surface area (TPSA) is 93.5 Å². The van der Waals surface area contributed by atoms with E-state index in [1.807, 2.05) is 19.1 Å². The van der Waals surface area contributed by atoms with Gasteiger partial charge in [-0.2, -0.15) is 0 Å². The minimum absolute atomic E-state index is 0.161. The molecule has 0 radical (unpaired) electrons. The van der Waals surface area contributed by atoms with Crippen LogP contribution in [0.15, 0.2) is 24.3 Å². The molecule has 0 saturated carbocycles. The fourth-order valence-electron chi connectivity index (χ4n) is 1.15. The first-order valence-electron chi connectivity index (χ1n) is 5.59. The first-order valence-corrected chi connectivity index (χ1v) is 5.59. The monoisotopic (exact) mass is 251 g/mol. The van der Waals surface area contributed by atoms with Gasteiger partial charge in [0.2, 0.25) is 5.91 Å². The summed E-state index contributed by atoms with van der Waals surface area (Å²) < 4.78 is 5.23. The number of hydrogen-bond acceptors (Lipinski definition) is 4. The van der Waals surface area contributed by atoms with Gasteiger partial charge in [0.1, 0.15) is 5.75 Å². The van der Waals surface area contributed by atoms with Gasteiger partial charge in [-0.25, -0.2) is 0 Å². The number of carbonyl (C=O) groups excluding carboxylic acids is 2. The number of hydrogen-bond donors (Lipinski definition) is 3. The summed E-state index contributed by atoms with van der Waals surface area (Å²) in [5.41, 5.74) is 10.8. The molecule has 0 fully saturated rings. The lowest BCUT2D eigenvalue weighted by Gasteiger charge is -2.08. The molecule has 1 aromatic rings. The van der Waals surface area contributed by atoms with Crippen LogP contribution in [0.25, 0.3) is 0 Å². The fourth-order valence-corrected chi connectivity index (χ4v) is 1.15. The van der Waals surface area contributed by atoms with Crippen molar-refractivity contribution in [2.24, 2.45) is 5.73 Å². The Hall–Kier alpha value is -2.08. The van der Waals surface area contributed by atoms with Crippen LogP contribution in [-0.4, -0.2) is 25.0 Å². The Morgan fingerprint density at radius 3 is 2.39 bits per heavy atom. The predicted molar refractivity (Wildman–Crippen MR) is 66.6 cm³/mol. The number of hydrazine groups is 1. The Balaban J connectivity index is 2.24. The maximum Gasteiger partial charge on any atom is 0.276 e. The van der Waals surface area contributed by atoms with Crippen LogP contribution in [0.2, 0.25) is 0 Å². The van der Waals surface area contributed by atoms with E-state index < -0.39 is 5.91 Å². The minimum atomic E-state index is -0.430. The van der Waals surface area contributed by atoms with E-state index >= 15 is 0 Å². The molecule has 1 rings (SSSR count). The maximum absolute atomic E-state index is 11.3. The molecule has 2 amide bonds. The van der Waals surface area contributed by atoms with Crippen LogP contribution in [0.3, 0.4) is 0 Å². The zero-order valence-electron chi connectivity index (χ0n) is 10.2. The molecule has 0 bridgehead atoms. The van der Waals surface area contributed by atoms with Gasteiger partial charge in [-0.3, -0.25) is 20.4 Å². The highest BCUT2D eigenvalue weighted by Crippen LogP contribution is 2.10. The van der Waals surface area contributed by atoms with Crippen molar-refractivity contribution in [3.63, 3.8) is 0 Å². The van der Waals surface area contributed by atoms with Gasteiger partial charge in [-0.1, -0.05) is 17.7 Å². The third-order valence-corrected chi connectivity index (χ3v) is 2.10. The number of nitrogens with two attached hydrogens (primary N) is 1. The number of amides is 2. The summed E-state index contributed by atoms with van der Waals surface area (Å²) in [6.07, 6.45) is 0.166.